The van der Waals surface area contributed by atoms with Gasteiger partial charge >= 0.3 is 6.18 Å². The highest BCUT2D eigenvalue weighted by Gasteiger charge is 2.32. The fourth-order valence-corrected chi connectivity index (χ4v) is 1.32. The number of amides is 1. The van der Waals surface area contributed by atoms with Gasteiger partial charge in [0.05, 0.1) is 6.04 Å². The molecule has 1 fully saturated rings. The zero-order valence-electron chi connectivity index (χ0n) is 7.60. The monoisotopic (exact) mass is 210 g/mol. The molecule has 0 bridgehead atoms. The molecule has 0 aromatic rings. The van der Waals surface area contributed by atoms with Crippen molar-refractivity contribution in [3.8, 4) is 0 Å². The van der Waals surface area contributed by atoms with Crippen molar-refractivity contribution in [3.63, 3.8) is 0 Å². The van der Waals surface area contributed by atoms with E-state index >= 15 is 0 Å². The number of carbonyl (C=O) groups is 1. The summed E-state index contributed by atoms with van der Waals surface area (Å²) in [6.45, 7) is -1.30. The van der Waals surface area contributed by atoms with E-state index in [9.17, 15) is 18.0 Å². The maximum Gasteiger partial charge on any atom is 0.405 e. The molecule has 14 heavy (non-hydrogen) atoms. The highest BCUT2D eigenvalue weighted by Crippen LogP contribution is 2.28. The predicted octanol–water partition coefficient (Wildman–Crippen LogP) is 0.792. The van der Waals surface area contributed by atoms with Gasteiger partial charge in [-0.15, -0.1) is 0 Å². The Morgan fingerprint density at radius 2 is 2.07 bits per heavy atom. The summed E-state index contributed by atoms with van der Waals surface area (Å²) >= 11 is 0. The van der Waals surface area contributed by atoms with Crippen LogP contribution in [0.4, 0.5) is 13.2 Å². The van der Waals surface area contributed by atoms with Gasteiger partial charge in [0.2, 0.25) is 5.91 Å². The molecule has 1 rings (SSSR count). The Morgan fingerprint density at radius 1 is 1.50 bits per heavy atom. The first-order chi connectivity index (χ1) is 6.40. The molecule has 1 aliphatic rings. The molecule has 1 amide bonds. The van der Waals surface area contributed by atoms with Gasteiger partial charge in [-0.25, -0.2) is 0 Å². The van der Waals surface area contributed by atoms with Crippen LogP contribution in [0.3, 0.4) is 0 Å². The number of hydrogen-bond acceptors (Lipinski definition) is 2. The second-order valence-electron chi connectivity index (χ2n) is 3.55. The van der Waals surface area contributed by atoms with Crippen molar-refractivity contribution in [3.05, 3.63) is 0 Å². The SMILES string of the molecule is N[C@H](C(=O)NCC(F)(F)F)C1CCC1. The number of rotatable bonds is 3. The number of halogens is 3. The number of hydrogen-bond donors (Lipinski definition) is 2. The molecule has 0 aromatic carbocycles. The van der Waals surface area contributed by atoms with Gasteiger partial charge < -0.3 is 11.1 Å². The molecule has 3 nitrogen and oxygen atoms in total. The van der Waals surface area contributed by atoms with Gasteiger partial charge in [0.1, 0.15) is 6.54 Å². The smallest absolute Gasteiger partial charge is 0.346 e. The number of carbonyl (C=O) groups excluding carboxylic acids is 1. The Balaban J connectivity index is 2.27. The first-order valence-corrected chi connectivity index (χ1v) is 4.50. The second-order valence-corrected chi connectivity index (χ2v) is 3.55. The first kappa shape index (κ1) is 11.3. The maximum absolute atomic E-state index is 11.7. The Morgan fingerprint density at radius 3 is 2.43 bits per heavy atom. The molecule has 0 radical (unpaired) electrons. The molecule has 0 unspecified atom stereocenters. The predicted molar refractivity (Wildman–Crippen MR) is 44.4 cm³/mol. The third-order valence-corrected chi connectivity index (χ3v) is 2.42. The van der Waals surface area contributed by atoms with E-state index in [4.69, 9.17) is 5.73 Å². The normalized spacial score (nSPS) is 20.0. The van der Waals surface area contributed by atoms with E-state index in [0.717, 1.165) is 19.3 Å². The molecular formula is C8H13F3N2O. The molecule has 0 aliphatic heterocycles. The fraction of sp³-hybridized carbons (Fsp3) is 0.875. The van der Waals surface area contributed by atoms with Crippen LogP contribution in [0.15, 0.2) is 0 Å². The van der Waals surface area contributed by atoms with Crippen LogP contribution in [0.25, 0.3) is 0 Å². The van der Waals surface area contributed by atoms with E-state index in [1.807, 2.05) is 0 Å². The van der Waals surface area contributed by atoms with Crippen molar-refractivity contribution in [2.75, 3.05) is 6.54 Å². The van der Waals surface area contributed by atoms with Gasteiger partial charge in [0.15, 0.2) is 0 Å². The topological polar surface area (TPSA) is 55.1 Å². The Bertz CT molecular complexity index is 213. The third kappa shape index (κ3) is 3.17. The van der Waals surface area contributed by atoms with Gasteiger partial charge in [0.25, 0.3) is 0 Å². The summed E-state index contributed by atoms with van der Waals surface area (Å²) in [4.78, 5) is 11.1. The van der Waals surface area contributed by atoms with Crippen molar-refractivity contribution in [1.82, 2.24) is 5.32 Å². The van der Waals surface area contributed by atoms with E-state index in [1.54, 1.807) is 5.32 Å². The molecule has 1 aliphatic carbocycles. The molecule has 3 N–H and O–H groups in total. The summed E-state index contributed by atoms with van der Waals surface area (Å²) in [7, 11) is 0. The molecule has 0 saturated heterocycles. The van der Waals surface area contributed by atoms with Crippen molar-refractivity contribution >= 4 is 5.91 Å². The fourth-order valence-electron chi connectivity index (χ4n) is 1.32. The van der Waals surface area contributed by atoms with Crippen LogP contribution in [0.1, 0.15) is 19.3 Å². The molecule has 0 heterocycles. The van der Waals surface area contributed by atoms with Crippen molar-refractivity contribution < 1.29 is 18.0 Å². The average molecular weight is 210 g/mol. The van der Waals surface area contributed by atoms with Crippen LogP contribution in [0.5, 0.6) is 0 Å². The first-order valence-electron chi connectivity index (χ1n) is 4.50. The van der Waals surface area contributed by atoms with Crippen molar-refractivity contribution in [2.24, 2.45) is 11.7 Å². The van der Waals surface area contributed by atoms with Crippen LogP contribution < -0.4 is 11.1 Å². The molecule has 1 saturated carbocycles. The van der Waals surface area contributed by atoms with E-state index in [0.29, 0.717) is 0 Å². The maximum atomic E-state index is 11.7. The van der Waals surface area contributed by atoms with Gasteiger partial charge in [-0.2, -0.15) is 13.2 Å². The van der Waals surface area contributed by atoms with E-state index < -0.39 is 24.7 Å². The lowest BCUT2D eigenvalue weighted by molar-refractivity contribution is -0.140. The number of nitrogens with two attached hydrogens (primary N) is 1. The van der Waals surface area contributed by atoms with Crippen LogP contribution in [-0.4, -0.2) is 24.7 Å². The van der Waals surface area contributed by atoms with E-state index in [1.165, 1.54) is 0 Å². The van der Waals surface area contributed by atoms with E-state index in [2.05, 4.69) is 0 Å². The number of nitrogens with one attached hydrogen (secondary N) is 1. The molecule has 6 heteroatoms. The summed E-state index contributed by atoms with van der Waals surface area (Å²) in [6.07, 6.45) is -1.69. The molecule has 0 spiro atoms. The lowest BCUT2D eigenvalue weighted by Gasteiger charge is -2.30. The summed E-state index contributed by atoms with van der Waals surface area (Å²) in [5, 5.41) is 1.78. The summed E-state index contributed by atoms with van der Waals surface area (Å²) in [5.41, 5.74) is 5.47. The zero-order chi connectivity index (χ0) is 10.8. The lowest BCUT2D eigenvalue weighted by Crippen LogP contribution is -2.49. The Hall–Kier alpha value is -0.780. The van der Waals surface area contributed by atoms with Gasteiger partial charge in [-0.05, 0) is 18.8 Å². The minimum absolute atomic E-state index is 0.0585. The lowest BCUT2D eigenvalue weighted by atomic mass is 9.80. The molecule has 1 atom stereocenters. The Kier molecular flexibility index (Phi) is 3.36. The molecule has 82 valence electrons. The summed E-state index contributed by atoms with van der Waals surface area (Å²) in [5.74, 6) is -0.643. The second kappa shape index (κ2) is 4.16. The van der Waals surface area contributed by atoms with Crippen molar-refractivity contribution in [2.45, 2.75) is 31.5 Å². The summed E-state index contributed by atoms with van der Waals surface area (Å²) < 4.78 is 35.2. The van der Waals surface area contributed by atoms with Crippen molar-refractivity contribution in [1.29, 1.82) is 0 Å². The largest absolute Gasteiger partial charge is 0.405 e. The standard InChI is InChI=1S/C8H13F3N2O/c9-8(10,11)4-13-7(14)6(12)5-2-1-3-5/h5-6H,1-4,12H2,(H,13,14)/t6-/m0/s1. The van der Waals surface area contributed by atoms with Crippen LogP contribution in [0, 0.1) is 5.92 Å². The van der Waals surface area contributed by atoms with Gasteiger partial charge in [-0.1, -0.05) is 6.42 Å². The van der Waals surface area contributed by atoms with Crippen LogP contribution in [-0.2, 0) is 4.79 Å². The minimum atomic E-state index is -4.37. The zero-order valence-corrected chi connectivity index (χ0v) is 7.60. The number of alkyl halides is 3. The minimum Gasteiger partial charge on any atom is -0.346 e. The highest BCUT2D eigenvalue weighted by molar-refractivity contribution is 5.81. The van der Waals surface area contributed by atoms with Crippen LogP contribution in [0.2, 0.25) is 0 Å². The highest BCUT2D eigenvalue weighted by atomic mass is 19.4. The van der Waals surface area contributed by atoms with E-state index in [-0.39, 0.29) is 5.92 Å². The van der Waals surface area contributed by atoms with Gasteiger partial charge in [0, 0.05) is 0 Å². The third-order valence-electron chi connectivity index (χ3n) is 2.42. The quantitative estimate of drug-likeness (QED) is 0.723. The van der Waals surface area contributed by atoms with Crippen LogP contribution >= 0.6 is 0 Å². The van der Waals surface area contributed by atoms with Gasteiger partial charge in [-0.3, -0.25) is 4.79 Å². The average Bonchev–Trinajstić information content (AvgIpc) is 1.95. The Labute approximate surface area is 79.8 Å². The molecule has 0 aromatic heterocycles. The molecular weight excluding hydrogens is 197 g/mol. The summed E-state index contributed by atoms with van der Waals surface area (Å²) in [6, 6.07) is -0.786.